The Bertz CT molecular complexity index is 548. The first-order chi connectivity index (χ1) is 8.29. The summed E-state index contributed by atoms with van der Waals surface area (Å²) in [5, 5.41) is 12.3. The summed E-state index contributed by atoms with van der Waals surface area (Å²) in [5.41, 5.74) is 2.16. The summed E-state index contributed by atoms with van der Waals surface area (Å²) in [6, 6.07) is 7.22. The highest BCUT2D eigenvalue weighted by Crippen LogP contribution is 2.20. The average Bonchev–Trinajstić information content (AvgIpc) is 2.38. The topological polar surface area (TPSA) is 61.6 Å². The summed E-state index contributed by atoms with van der Waals surface area (Å²) in [6.07, 6.45) is 4.96. The van der Waals surface area contributed by atoms with E-state index in [1.165, 1.54) is 0 Å². The first-order valence-corrected chi connectivity index (χ1v) is 5.36. The van der Waals surface area contributed by atoms with Crippen LogP contribution < -0.4 is 5.32 Å². The monoisotopic (exact) mass is 244 g/mol. The van der Waals surface area contributed by atoms with E-state index in [-0.39, 0.29) is 0 Å². The Morgan fingerprint density at radius 3 is 2.88 bits per heavy atom. The number of halogens is 1. The van der Waals surface area contributed by atoms with E-state index in [4.69, 9.17) is 16.9 Å². The van der Waals surface area contributed by atoms with Gasteiger partial charge in [-0.3, -0.25) is 9.97 Å². The van der Waals surface area contributed by atoms with Gasteiger partial charge in [-0.2, -0.15) is 5.26 Å². The molecule has 0 aliphatic heterocycles. The molecule has 0 saturated heterocycles. The standard InChI is InChI=1S/C12H9ClN4/c13-12-5-10(2-1-9(12)6-14)17-8-11-7-15-3-4-16-11/h1-5,7,17H,8H2. The molecule has 0 spiro atoms. The van der Waals surface area contributed by atoms with Gasteiger partial charge >= 0.3 is 0 Å². The van der Waals surface area contributed by atoms with Gasteiger partial charge in [-0.15, -0.1) is 0 Å². The Morgan fingerprint density at radius 1 is 1.35 bits per heavy atom. The van der Waals surface area contributed by atoms with Crippen LogP contribution in [0.3, 0.4) is 0 Å². The van der Waals surface area contributed by atoms with Crippen molar-refractivity contribution in [3.8, 4) is 6.07 Å². The zero-order valence-corrected chi connectivity index (χ0v) is 9.65. The van der Waals surface area contributed by atoms with Crippen LogP contribution in [0.15, 0.2) is 36.8 Å². The molecule has 0 aliphatic rings. The molecule has 17 heavy (non-hydrogen) atoms. The maximum Gasteiger partial charge on any atom is 0.101 e. The van der Waals surface area contributed by atoms with E-state index < -0.39 is 0 Å². The van der Waals surface area contributed by atoms with Gasteiger partial charge < -0.3 is 5.32 Å². The number of rotatable bonds is 3. The van der Waals surface area contributed by atoms with E-state index in [1.807, 2.05) is 6.07 Å². The molecule has 0 radical (unpaired) electrons. The van der Waals surface area contributed by atoms with Gasteiger partial charge in [0, 0.05) is 18.1 Å². The Kier molecular flexibility index (Phi) is 3.53. The minimum Gasteiger partial charge on any atom is -0.379 e. The Balaban J connectivity index is 2.06. The summed E-state index contributed by atoms with van der Waals surface area (Å²) in [7, 11) is 0. The summed E-state index contributed by atoms with van der Waals surface area (Å²) in [5.74, 6) is 0. The van der Waals surface area contributed by atoms with Crippen molar-refractivity contribution in [2.75, 3.05) is 5.32 Å². The molecule has 1 heterocycles. The summed E-state index contributed by atoms with van der Waals surface area (Å²) >= 11 is 5.92. The molecule has 0 amide bonds. The molecule has 84 valence electrons. The molecule has 0 saturated carbocycles. The molecule has 2 rings (SSSR count). The van der Waals surface area contributed by atoms with Crippen molar-refractivity contribution in [3.63, 3.8) is 0 Å². The summed E-state index contributed by atoms with van der Waals surface area (Å²) in [6.45, 7) is 0.566. The second kappa shape index (κ2) is 5.28. The van der Waals surface area contributed by atoms with Crippen molar-refractivity contribution in [3.05, 3.63) is 53.1 Å². The summed E-state index contributed by atoms with van der Waals surface area (Å²) in [4.78, 5) is 8.11. The predicted octanol–water partition coefficient (Wildman–Crippen LogP) is 2.61. The molecule has 0 atom stereocenters. The Morgan fingerprint density at radius 2 is 2.24 bits per heavy atom. The van der Waals surface area contributed by atoms with E-state index in [9.17, 15) is 0 Å². The van der Waals surface area contributed by atoms with Crippen molar-refractivity contribution in [1.29, 1.82) is 5.26 Å². The van der Waals surface area contributed by atoms with Gasteiger partial charge in [0.05, 0.1) is 29.0 Å². The number of aromatic nitrogens is 2. The first-order valence-electron chi connectivity index (χ1n) is 4.98. The number of hydrogen-bond donors (Lipinski definition) is 1. The lowest BCUT2D eigenvalue weighted by Gasteiger charge is -2.06. The SMILES string of the molecule is N#Cc1ccc(NCc2cnccn2)cc1Cl. The highest BCUT2D eigenvalue weighted by atomic mass is 35.5. The molecule has 1 aromatic heterocycles. The van der Waals surface area contributed by atoms with Crippen LogP contribution in [0.4, 0.5) is 5.69 Å². The number of anilines is 1. The second-order valence-electron chi connectivity index (χ2n) is 3.36. The molecule has 1 N–H and O–H groups in total. The third-order valence-electron chi connectivity index (χ3n) is 2.18. The second-order valence-corrected chi connectivity index (χ2v) is 3.76. The van der Waals surface area contributed by atoms with Gasteiger partial charge in [0.15, 0.2) is 0 Å². The van der Waals surface area contributed by atoms with Crippen molar-refractivity contribution < 1.29 is 0 Å². The van der Waals surface area contributed by atoms with Crippen LogP contribution in [-0.4, -0.2) is 9.97 Å². The largest absolute Gasteiger partial charge is 0.379 e. The molecule has 2 aromatic rings. The smallest absolute Gasteiger partial charge is 0.101 e. The van der Waals surface area contributed by atoms with Gasteiger partial charge in [0.2, 0.25) is 0 Å². The van der Waals surface area contributed by atoms with Gasteiger partial charge in [-0.25, -0.2) is 0 Å². The fourth-order valence-corrected chi connectivity index (χ4v) is 1.55. The van der Waals surface area contributed by atoms with Crippen LogP contribution in [0, 0.1) is 11.3 Å². The van der Waals surface area contributed by atoms with Crippen LogP contribution in [-0.2, 0) is 6.54 Å². The van der Waals surface area contributed by atoms with E-state index >= 15 is 0 Å². The normalized spacial score (nSPS) is 9.65. The number of nitrogens with one attached hydrogen (secondary N) is 1. The van der Waals surface area contributed by atoms with Crippen LogP contribution in [0.2, 0.25) is 5.02 Å². The minimum atomic E-state index is 0.441. The predicted molar refractivity (Wildman–Crippen MR) is 65.5 cm³/mol. The van der Waals surface area contributed by atoms with Crippen molar-refractivity contribution in [2.24, 2.45) is 0 Å². The van der Waals surface area contributed by atoms with Crippen molar-refractivity contribution in [2.45, 2.75) is 6.54 Å². The Labute approximate surface area is 104 Å². The maximum atomic E-state index is 8.74. The lowest BCUT2D eigenvalue weighted by atomic mass is 10.2. The first kappa shape index (κ1) is 11.4. The summed E-state index contributed by atoms with van der Waals surface area (Å²) < 4.78 is 0. The average molecular weight is 245 g/mol. The van der Waals surface area contributed by atoms with Crippen molar-refractivity contribution >= 4 is 17.3 Å². The molecular formula is C12H9ClN4. The number of hydrogen-bond acceptors (Lipinski definition) is 4. The van der Waals surface area contributed by atoms with E-state index in [2.05, 4.69) is 15.3 Å². The van der Waals surface area contributed by atoms with Crippen LogP contribution in [0.1, 0.15) is 11.3 Å². The lowest BCUT2D eigenvalue weighted by Crippen LogP contribution is -2.01. The van der Waals surface area contributed by atoms with Gasteiger partial charge in [-0.1, -0.05) is 11.6 Å². The highest BCUT2D eigenvalue weighted by molar-refractivity contribution is 6.32. The molecule has 0 fully saturated rings. The lowest BCUT2D eigenvalue weighted by molar-refractivity contribution is 1.01. The molecule has 5 heteroatoms. The van der Waals surface area contributed by atoms with Gasteiger partial charge in [0.25, 0.3) is 0 Å². The molecule has 4 nitrogen and oxygen atoms in total. The zero-order valence-electron chi connectivity index (χ0n) is 8.89. The molecule has 0 unspecified atom stereocenters. The maximum absolute atomic E-state index is 8.74. The molecule has 0 aliphatic carbocycles. The van der Waals surface area contributed by atoms with E-state index in [0.717, 1.165) is 11.4 Å². The highest BCUT2D eigenvalue weighted by Gasteiger charge is 2.01. The van der Waals surface area contributed by atoms with Gasteiger partial charge in [-0.05, 0) is 18.2 Å². The van der Waals surface area contributed by atoms with E-state index in [1.54, 1.807) is 36.8 Å². The van der Waals surface area contributed by atoms with Crippen LogP contribution in [0.5, 0.6) is 0 Å². The number of nitrogens with zero attached hydrogens (tertiary/aromatic N) is 3. The van der Waals surface area contributed by atoms with Crippen LogP contribution in [0.25, 0.3) is 0 Å². The number of benzene rings is 1. The molecular weight excluding hydrogens is 236 g/mol. The van der Waals surface area contributed by atoms with E-state index in [0.29, 0.717) is 17.1 Å². The fourth-order valence-electron chi connectivity index (χ4n) is 1.33. The molecule has 1 aromatic carbocycles. The fraction of sp³-hybridized carbons (Fsp3) is 0.0833. The number of nitriles is 1. The van der Waals surface area contributed by atoms with Crippen LogP contribution >= 0.6 is 11.6 Å². The third kappa shape index (κ3) is 2.92. The van der Waals surface area contributed by atoms with Crippen molar-refractivity contribution in [1.82, 2.24) is 9.97 Å². The molecule has 0 bridgehead atoms. The minimum absolute atomic E-state index is 0.441. The van der Waals surface area contributed by atoms with Gasteiger partial charge in [0.1, 0.15) is 6.07 Å². The third-order valence-corrected chi connectivity index (χ3v) is 2.49. The quantitative estimate of drug-likeness (QED) is 0.902. The Hall–Kier alpha value is -2.12. The zero-order chi connectivity index (χ0) is 12.1.